The summed E-state index contributed by atoms with van der Waals surface area (Å²) < 4.78 is 49.6. The maximum atomic E-state index is 13.6. The van der Waals surface area contributed by atoms with Crippen LogP contribution in [0.4, 0.5) is 5.88 Å². The van der Waals surface area contributed by atoms with Crippen LogP contribution >= 0.6 is 11.6 Å². The van der Waals surface area contributed by atoms with Gasteiger partial charge in [-0.25, -0.2) is 8.42 Å². The molecule has 1 N–H and O–H groups in total. The monoisotopic (exact) mass is 505 g/mol. The predicted molar refractivity (Wildman–Crippen MR) is 126 cm³/mol. The van der Waals surface area contributed by atoms with Crippen LogP contribution in [0.15, 0.2) is 56.8 Å². The zero-order chi connectivity index (χ0) is 23.5. The van der Waals surface area contributed by atoms with Crippen LogP contribution in [0, 0.1) is 0 Å². The first kappa shape index (κ1) is 23.0. The highest BCUT2D eigenvalue weighted by atomic mass is 35.5. The van der Waals surface area contributed by atoms with Gasteiger partial charge in [0.1, 0.15) is 13.2 Å². The number of hydrogen-bond acceptors (Lipinski definition) is 9. The van der Waals surface area contributed by atoms with Gasteiger partial charge in [0.2, 0.25) is 26.6 Å². The molecule has 0 radical (unpaired) electrons. The molecule has 1 saturated heterocycles. The SMILES string of the molecule is O=S(=O)(c1ccc2c(c1)OCCO2)c1nc(-c2cccc(Cl)c2)oc1NCCN1CCOCC1. The van der Waals surface area contributed by atoms with Crippen molar-refractivity contribution in [1.29, 1.82) is 0 Å². The van der Waals surface area contributed by atoms with Gasteiger partial charge in [-0.05, 0) is 30.3 Å². The van der Waals surface area contributed by atoms with Crippen LogP contribution in [0.2, 0.25) is 5.02 Å². The second kappa shape index (κ2) is 9.83. The average Bonchev–Trinajstić information content (AvgIpc) is 3.29. The molecule has 0 amide bonds. The Balaban J connectivity index is 1.47. The van der Waals surface area contributed by atoms with Gasteiger partial charge in [-0.3, -0.25) is 4.90 Å². The van der Waals surface area contributed by atoms with Crippen LogP contribution in [0.5, 0.6) is 11.5 Å². The van der Waals surface area contributed by atoms with Crippen molar-refractivity contribution in [1.82, 2.24) is 9.88 Å². The number of aromatic nitrogens is 1. The topological polar surface area (TPSA) is 103 Å². The quantitative estimate of drug-likeness (QED) is 0.517. The summed E-state index contributed by atoms with van der Waals surface area (Å²) in [5, 5.41) is 3.42. The van der Waals surface area contributed by atoms with Gasteiger partial charge in [0, 0.05) is 42.8 Å². The van der Waals surface area contributed by atoms with Crippen LogP contribution < -0.4 is 14.8 Å². The number of sulfone groups is 1. The van der Waals surface area contributed by atoms with E-state index in [0.29, 0.717) is 61.6 Å². The first-order valence-electron chi connectivity index (χ1n) is 11.0. The summed E-state index contributed by atoms with van der Waals surface area (Å²) in [6.07, 6.45) is 0. The summed E-state index contributed by atoms with van der Waals surface area (Å²) >= 11 is 6.12. The number of morpholine rings is 1. The maximum absolute atomic E-state index is 13.6. The molecule has 1 aromatic heterocycles. The highest BCUT2D eigenvalue weighted by molar-refractivity contribution is 7.91. The first-order valence-corrected chi connectivity index (χ1v) is 12.8. The van der Waals surface area contributed by atoms with Crippen molar-refractivity contribution in [2.45, 2.75) is 9.92 Å². The van der Waals surface area contributed by atoms with Crippen molar-refractivity contribution >= 4 is 27.3 Å². The number of anilines is 1. The van der Waals surface area contributed by atoms with E-state index in [4.69, 9.17) is 30.2 Å². The van der Waals surface area contributed by atoms with Gasteiger partial charge in [-0.1, -0.05) is 17.7 Å². The van der Waals surface area contributed by atoms with Crippen molar-refractivity contribution in [3.8, 4) is 23.0 Å². The largest absolute Gasteiger partial charge is 0.486 e. The van der Waals surface area contributed by atoms with Crippen LogP contribution in [-0.2, 0) is 14.6 Å². The highest BCUT2D eigenvalue weighted by Crippen LogP contribution is 2.37. The second-order valence-corrected chi connectivity index (χ2v) is 10.2. The van der Waals surface area contributed by atoms with Gasteiger partial charge in [-0.2, -0.15) is 4.98 Å². The van der Waals surface area contributed by atoms with Gasteiger partial charge in [0.15, 0.2) is 11.5 Å². The standard InChI is InChI=1S/C23H24ClN3O6S/c24-17-3-1-2-16(14-17)21-26-23(22(33-21)25-6-7-27-8-10-30-11-9-27)34(28,29)18-4-5-19-20(15-18)32-13-12-31-19/h1-5,14-15,25H,6-13H2. The van der Waals surface area contributed by atoms with Gasteiger partial charge < -0.3 is 23.9 Å². The lowest BCUT2D eigenvalue weighted by atomic mass is 10.2. The average molecular weight is 506 g/mol. The molecule has 2 aliphatic rings. The van der Waals surface area contributed by atoms with Crippen LogP contribution in [0.3, 0.4) is 0 Å². The molecule has 0 atom stereocenters. The minimum Gasteiger partial charge on any atom is -0.486 e. The minimum absolute atomic E-state index is 0.0407. The minimum atomic E-state index is -4.03. The molecule has 3 heterocycles. The third kappa shape index (κ3) is 4.85. The van der Waals surface area contributed by atoms with E-state index in [2.05, 4.69) is 15.2 Å². The summed E-state index contributed by atoms with van der Waals surface area (Å²) in [5.74, 6) is 1.13. The van der Waals surface area contributed by atoms with E-state index in [0.717, 1.165) is 13.1 Å². The fraction of sp³-hybridized carbons (Fsp3) is 0.348. The molecule has 180 valence electrons. The normalized spacial score (nSPS) is 16.4. The van der Waals surface area contributed by atoms with Gasteiger partial charge in [0.25, 0.3) is 0 Å². The van der Waals surface area contributed by atoms with Crippen molar-refractivity contribution in [3.63, 3.8) is 0 Å². The number of fused-ring (bicyclic) bond motifs is 1. The molecular weight excluding hydrogens is 482 g/mol. The predicted octanol–water partition coefficient (Wildman–Crippen LogP) is 3.34. The van der Waals surface area contributed by atoms with E-state index in [-0.39, 0.29) is 21.7 Å². The van der Waals surface area contributed by atoms with Crippen LogP contribution in [-0.4, -0.2) is 70.9 Å². The number of rotatable bonds is 7. The third-order valence-electron chi connectivity index (χ3n) is 5.56. The molecule has 0 saturated carbocycles. The van der Waals surface area contributed by atoms with Crippen molar-refractivity contribution in [3.05, 3.63) is 47.5 Å². The summed E-state index contributed by atoms with van der Waals surface area (Å²) in [6, 6.07) is 11.4. The van der Waals surface area contributed by atoms with Gasteiger partial charge in [-0.15, -0.1) is 0 Å². The first-order chi connectivity index (χ1) is 16.5. The lowest BCUT2D eigenvalue weighted by molar-refractivity contribution is 0.0398. The van der Waals surface area contributed by atoms with Crippen LogP contribution in [0.25, 0.3) is 11.5 Å². The Morgan fingerprint density at radius 2 is 1.79 bits per heavy atom. The number of benzene rings is 2. The number of halogens is 1. The highest BCUT2D eigenvalue weighted by Gasteiger charge is 2.30. The Bertz CT molecular complexity index is 1270. The summed E-state index contributed by atoms with van der Waals surface area (Å²) in [5.41, 5.74) is 0.576. The molecule has 34 heavy (non-hydrogen) atoms. The molecular formula is C23H24ClN3O6S. The zero-order valence-corrected chi connectivity index (χ0v) is 19.9. The van der Waals surface area contributed by atoms with Gasteiger partial charge >= 0.3 is 0 Å². The summed E-state index contributed by atoms with van der Waals surface area (Å²) in [7, 11) is -4.03. The number of oxazole rings is 1. The number of nitrogens with one attached hydrogen (secondary N) is 1. The Morgan fingerprint density at radius 3 is 2.59 bits per heavy atom. The van der Waals surface area contributed by atoms with Crippen LogP contribution in [0.1, 0.15) is 0 Å². The number of nitrogens with zero attached hydrogens (tertiary/aromatic N) is 2. The fourth-order valence-electron chi connectivity index (χ4n) is 3.80. The van der Waals surface area contributed by atoms with E-state index >= 15 is 0 Å². The molecule has 5 rings (SSSR count). The Morgan fingerprint density at radius 1 is 1.00 bits per heavy atom. The lowest BCUT2D eigenvalue weighted by Gasteiger charge is -2.26. The van der Waals surface area contributed by atoms with Gasteiger partial charge in [0.05, 0.1) is 18.1 Å². The number of ether oxygens (including phenoxy) is 3. The summed E-state index contributed by atoms with van der Waals surface area (Å²) in [6.45, 7) is 4.99. The van der Waals surface area contributed by atoms with E-state index in [9.17, 15) is 8.42 Å². The lowest BCUT2D eigenvalue weighted by Crippen LogP contribution is -2.39. The molecule has 2 aromatic carbocycles. The Hall–Kier alpha value is -2.79. The molecule has 0 bridgehead atoms. The zero-order valence-electron chi connectivity index (χ0n) is 18.3. The molecule has 0 aliphatic carbocycles. The van der Waals surface area contributed by atoms with E-state index < -0.39 is 9.84 Å². The number of hydrogen-bond donors (Lipinski definition) is 1. The molecule has 1 fully saturated rings. The van der Waals surface area contributed by atoms with E-state index in [1.807, 2.05) is 0 Å². The fourth-order valence-corrected chi connectivity index (χ4v) is 5.28. The van der Waals surface area contributed by atoms with Crippen molar-refractivity contribution < 1.29 is 27.0 Å². The maximum Gasteiger partial charge on any atom is 0.233 e. The molecule has 3 aromatic rings. The second-order valence-electron chi connectivity index (χ2n) is 7.85. The molecule has 0 spiro atoms. The molecule has 11 heteroatoms. The molecule has 0 unspecified atom stereocenters. The molecule has 2 aliphatic heterocycles. The van der Waals surface area contributed by atoms with Crippen molar-refractivity contribution in [2.24, 2.45) is 0 Å². The van der Waals surface area contributed by atoms with E-state index in [1.54, 1.807) is 30.3 Å². The Labute approximate surface area is 202 Å². The third-order valence-corrected chi connectivity index (χ3v) is 7.46. The molecule has 9 nitrogen and oxygen atoms in total. The smallest absolute Gasteiger partial charge is 0.233 e. The van der Waals surface area contributed by atoms with E-state index in [1.165, 1.54) is 12.1 Å². The Kier molecular flexibility index (Phi) is 6.64. The summed E-state index contributed by atoms with van der Waals surface area (Å²) in [4.78, 5) is 6.64. The van der Waals surface area contributed by atoms with Crippen molar-refractivity contribution in [2.75, 3.05) is 57.9 Å².